The fourth-order valence-corrected chi connectivity index (χ4v) is 5.90. The van der Waals surface area contributed by atoms with E-state index in [1.807, 2.05) is 53.7 Å². The molecule has 44 heavy (non-hydrogen) atoms. The molecule has 0 atom stereocenters. The number of aromatic nitrogens is 2. The number of fused-ring (bicyclic) bond motifs is 4. The third kappa shape index (κ3) is 4.64. The zero-order valence-electron chi connectivity index (χ0n) is 24.1. The first-order valence-corrected chi connectivity index (χ1v) is 14.3. The number of nitrogens with zero attached hydrogens (tertiary/aromatic N) is 5. The van der Waals surface area contributed by atoms with E-state index in [0.717, 1.165) is 61.9 Å². The fraction of sp³-hybridized carbons (Fsp3) is 0.0541. The first-order chi connectivity index (χ1) is 21.2. The predicted molar refractivity (Wildman–Crippen MR) is 174 cm³/mol. The van der Waals surface area contributed by atoms with Gasteiger partial charge in [-0.1, -0.05) is 65.4 Å². The molecule has 1 aliphatic heterocycles. The van der Waals surface area contributed by atoms with E-state index in [9.17, 15) is 0 Å². The van der Waals surface area contributed by atoms with Crippen LogP contribution in [-0.2, 0) is 21.1 Å². The minimum atomic E-state index is 0. The molecule has 0 saturated carbocycles. The number of hydroxylamine groups is 1. The van der Waals surface area contributed by atoms with Gasteiger partial charge < -0.3 is 9.47 Å². The first kappa shape index (κ1) is 27.9. The van der Waals surface area contributed by atoms with Gasteiger partial charge in [-0.15, -0.1) is 45.8 Å². The van der Waals surface area contributed by atoms with Gasteiger partial charge in [-0.2, -0.15) is 17.1 Å². The molecule has 2 aromatic heterocycles. The number of anilines is 6. The smallest absolute Gasteiger partial charge is 0.145 e. The van der Waals surface area contributed by atoms with Crippen molar-refractivity contribution in [3.8, 4) is 5.82 Å². The van der Waals surface area contributed by atoms with Crippen LogP contribution in [0.4, 0.5) is 34.1 Å². The van der Waals surface area contributed by atoms with Crippen LogP contribution in [-0.4, -0.2) is 21.5 Å². The van der Waals surface area contributed by atoms with Crippen LogP contribution in [0.5, 0.6) is 0 Å². The molecule has 6 nitrogen and oxygen atoms in total. The van der Waals surface area contributed by atoms with Crippen LogP contribution in [0.15, 0.2) is 128 Å². The molecule has 7 aromatic rings. The second kappa shape index (κ2) is 11.3. The number of hydrogen-bond acceptors (Lipinski definition) is 4. The summed E-state index contributed by atoms with van der Waals surface area (Å²) in [6.07, 6.45) is 1.87. The Kier molecular flexibility index (Phi) is 7.17. The number of hydrogen-bond donors (Lipinski definition) is 0. The van der Waals surface area contributed by atoms with E-state index >= 15 is 0 Å². The molecule has 0 fully saturated rings. The number of para-hydroxylation sites is 4. The normalized spacial score (nSPS) is 12.4. The summed E-state index contributed by atoms with van der Waals surface area (Å²) in [6.45, 7) is 2.09. The van der Waals surface area contributed by atoms with Crippen LogP contribution in [0, 0.1) is 19.1 Å². The van der Waals surface area contributed by atoms with E-state index in [0.29, 0.717) is 0 Å². The van der Waals surface area contributed by atoms with Crippen molar-refractivity contribution in [2.75, 3.05) is 22.1 Å². The van der Waals surface area contributed by atoms with Crippen molar-refractivity contribution in [2.24, 2.45) is 0 Å². The van der Waals surface area contributed by atoms with Crippen LogP contribution in [0.25, 0.3) is 27.6 Å². The zero-order valence-corrected chi connectivity index (χ0v) is 26.4. The van der Waals surface area contributed by atoms with Crippen LogP contribution >= 0.6 is 0 Å². The average Bonchev–Trinajstić information content (AvgIpc) is 3.56. The van der Waals surface area contributed by atoms with Crippen molar-refractivity contribution >= 4 is 55.9 Å². The summed E-state index contributed by atoms with van der Waals surface area (Å²) in [5.41, 5.74) is 8.96. The van der Waals surface area contributed by atoms with E-state index in [1.165, 1.54) is 5.39 Å². The molecular formula is C37H28N5OPt-. The molecule has 8 rings (SSSR count). The summed E-state index contributed by atoms with van der Waals surface area (Å²) in [7, 11) is 1.96. The number of aryl methyl sites for hydroxylation is 1. The Balaban J connectivity index is 0.00000312. The van der Waals surface area contributed by atoms with Gasteiger partial charge in [-0.25, -0.2) is 4.98 Å². The van der Waals surface area contributed by atoms with Gasteiger partial charge in [-0.3, -0.25) is 0 Å². The minimum absolute atomic E-state index is 0. The zero-order chi connectivity index (χ0) is 28.9. The van der Waals surface area contributed by atoms with Crippen molar-refractivity contribution in [3.05, 3.63) is 145 Å². The van der Waals surface area contributed by atoms with Crippen LogP contribution in [0.1, 0.15) is 5.56 Å². The number of rotatable bonds is 5. The average molecular weight is 754 g/mol. The van der Waals surface area contributed by atoms with Gasteiger partial charge in [0.05, 0.1) is 7.05 Å². The van der Waals surface area contributed by atoms with Crippen molar-refractivity contribution < 1.29 is 26.0 Å². The van der Waals surface area contributed by atoms with Crippen molar-refractivity contribution in [2.45, 2.75) is 6.92 Å². The van der Waals surface area contributed by atoms with E-state index in [-0.39, 0.29) is 21.1 Å². The second-order valence-electron chi connectivity index (χ2n) is 10.7. The maximum atomic E-state index is 4.79. The van der Waals surface area contributed by atoms with Gasteiger partial charge in [0.15, 0.2) is 0 Å². The van der Waals surface area contributed by atoms with E-state index < -0.39 is 0 Å². The number of pyridine rings is 1. The maximum absolute atomic E-state index is 4.79. The Morgan fingerprint density at radius 3 is 2.30 bits per heavy atom. The largest absolute Gasteiger partial charge is 0.358 e. The molecule has 7 heteroatoms. The molecule has 0 spiro atoms. The molecule has 0 radical (unpaired) electrons. The van der Waals surface area contributed by atoms with Gasteiger partial charge in [0.25, 0.3) is 0 Å². The molecule has 218 valence electrons. The molecule has 0 bridgehead atoms. The Morgan fingerprint density at radius 2 is 1.45 bits per heavy atom. The topological polar surface area (TPSA) is 40.3 Å². The predicted octanol–water partition coefficient (Wildman–Crippen LogP) is 8.98. The molecule has 0 unspecified atom stereocenters. The molecular weight excluding hydrogens is 726 g/mol. The van der Waals surface area contributed by atoms with E-state index in [4.69, 9.17) is 9.92 Å². The SMILES string of the molecule is Cc1ccnc(-n2c3[c-]c(N(c4[c-]c(N5[OH+]N(C)c6ccccc65)ccc4)c4ccccc4)ccc3c3ccccc32)c1.[Pt]. The van der Waals surface area contributed by atoms with Gasteiger partial charge in [0, 0.05) is 44.2 Å². The number of benzene rings is 5. The van der Waals surface area contributed by atoms with Crippen molar-refractivity contribution in [1.82, 2.24) is 9.55 Å². The quantitative estimate of drug-likeness (QED) is 0.130. The summed E-state index contributed by atoms with van der Waals surface area (Å²) < 4.78 is 2.21. The molecule has 1 N–H and O–H groups in total. The van der Waals surface area contributed by atoms with Crippen LogP contribution in [0.2, 0.25) is 0 Å². The summed E-state index contributed by atoms with van der Waals surface area (Å²) >= 11 is 0. The molecule has 0 aliphatic carbocycles. The second-order valence-corrected chi connectivity index (χ2v) is 10.7. The Hall–Kier alpha value is -4.90. The fourth-order valence-electron chi connectivity index (χ4n) is 5.90. The molecule has 5 aromatic carbocycles. The summed E-state index contributed by atoms with van der Waals surface area (Å²) in [5.74, 6) is 0.873. The van der Waals surface area contributed by atoms with Gasteiger partial charge in [0.2, 0.25) is 0 Å². The van der Waals surface area contributed by atoms with Gasteiger partial charge >= 0.3 is 0 Å². The Bertz CT molecular complexity index is 2130. The summed E-state index contributed by atoms with van der Waals surface area (Å²) in [5, 5.41) is 6.13. The molecule has 3 heterocycles. The summed E-state index contributed by atoms with van der Waals surface area (Å²) in [6, 6.07) is 49.2. The van der Waals surface area contributed by atoms with Crippen molar-refractivity contribution in [3.63, 3.8) is 0 Å². The molecule has 0 saturated heterocycles. The first-order valence-electron chi connectivity index (χ1n) is 14.3. The third-order valence-corrected chi connectivity index (χ3v) is 7.87. The summed E-state index contributed by atoms with van der Waals surface area (Å²) in [4.78, 5) is 11.7. The van der Waals surface area contributed by atoms with E-state index in [2.05, 4.69) is 120 Å². The third-order valence-electron chi connectivity index (χ3n) is 7.87. The molecule has 1 aliphatic rings. The maximum Gasteiger partial charge on any atom is 0.145 e. The van der Waals surface area contributed by atoms with Gasteiger partial charge in [-0.05, 0) is 60.3 Å². The Morgan fingerprint density at radius 1 is 0.705 bits per heavy atom. The standard InChI is InChI=1S/C37H27N5O.Pt/c1-26-21-22-38-37(23-26)41-33-16-7-6-15-31(33)32-20-19-29(25-36(32)41)40(27-11-4-3-5-12-27)28-13-10-14-30(24-28)42-35-18-9-8-17-34(35)39(2)43-42;/h3-23H,1-2H3;/q-2;/p+1. The van der Waals surface area contributed by atoms with Crippen molar-refractivity contribution in [1.29, 1.82) is 0 Å². The Labute approximate surface area is 270 Å². The monoisotopic (exact) mass is 753 g/mol. The van der Waals surface area contributed by atoms with Crippen LogP contribution < -0.4 is 15.0 Å². The van der Waals surface area contributed by atoms with Crippen LogP contribution in [0.3, 0.4) is 0 Å². The van der Waals surface area contributed by atoms with Gasteiger partial charge in [0.1, 0.15) is 17.2 Å². The minimum Gasteiger partial charge on any atom is -0.358 e. The molecule has 0 amide bonds. The van der Waals surface area contributed by atoms with E-state index in [1.54, 1.807) is 0 Å².